The van der Waals surface area contributed by atoms with Gasteiger partial charge in [0.15, 0.2) is 0 Å². The van der Waals surface area contributed by atoms with Crippen molar-refractivity contribution < 1.29 is 9.90 Å². The van der Waals surface area contributed by atoms with Crippen molar-refractivity contribution in [2.75, 3.05) is 6.54 Å². The third-order valence-electron chi connectivity index (χ3n) is 4.52. The average molecular weight is 254 g/mol. The van der Waals surface area contributed by atoms with E-state index in [1.54, 1.807) is 0 Å². The van der Waals surface area contributed by atoms with E-state index in [0.29, 0.717) is 5.41 Å². The lowest BCUT2D eigenvalue weighted by Gasteiger charge is -2.28. The minimum absolute atomic E-state index is 0.0375. The summed E-state index contributed by atoms with van der Waals surface area (Å²) in [4.78, 5) is 11.8. The summed E-state index contributed by atoms with van der Waals surface area (Å²) in [7, 11) is 0. The molecule has 2 rings (SSSR count). The molecule has 2 fully saturated rings. The van der Waals surface area contributed by atoms with E-state index in [0.717, 1.165) is 32.2 Å². The van der Waals surface area contributed by atoms with Crippen molar-refractivity contribution in [2.45, 2.75) is 70.4 Å². The maximum Gasteiger partial charge on any atom is 0.315 e. The fourth-order valence-corrected chi connectivity index (χ4v) is 3.16. The summed E-state index contributed by atoms with van der Waals surface area (Å²) in [6.07, 6.45) is 8.28. The van der Waals surface area contributed by atoms with E-state index in [-0.39, 0.29) is 18.2 Å². The molecule has 3 N–H and O–H groups in total. The molecule has 2 saturated carbocycles. The number of rotatable bonds is 3. The Morgan fingerprint density at radius 3 is 2.44 bits per heavy atom. The molecule has 4 heteroatoms. The number of hydrogen-bond acceptors (Lipinski definition) is 2. The molecule has 2 aliphatic carbocycles. The van der Waals surface area contributed by atoms with Gasteiger partial charge in [0.25, 0.3) is 0 Å². The molecular weight excluding hydrogens is 228 g/mol. The summed E-state index contributed by atoms with van der Waals surface area (Å²) >= 11 is 0. The van der Waals surface area contributed by atoms with E-state index < -0.39 is 0 Å². The Bertz CT molecular complexity index is 280. The molecule has 0 bridgehead atoms. The standard InChI is InChI=1S/C14H26N2O2/c1-14(8-2-3-9-14)10-15-13(18)16-11-4-6-12(17)7-5-11/h11-12,17H,2-10H2,1H3,(H2,15,16,18). The highest BCUT2D eigenvalue weighted by atomic mass is 16.3. The van der Waals surface area contributed by atoms with Gasteiger partial charge in [-0.1, -0.05) is 19.8 Å². The zero-order chi connectivity index (χ0) is 13.0. The van der Waals surface area contributed by atoms with Gasteiger partial charge in [0.2, 0.25) is 0 Å². The van der Waals surface area contributed by atoms with Crippen LogP contribution in [0.4, 0.5) is 4.79 Å². The van der Waals surface area contributed by atoms with E-state index in [2.05, 4.69) is 17.6 Å². The molecule has 0 atom stereocenters. The highest BCUT2D eigenvalue weighted by Crippen LogP contribution is 2.36. The Kier molecular flexibility index (Phi) is 4.49. The normalized spacial score (nSPS) is 31.0. The third-order valence-corrected chi connectivity index (χ3v) is 4.52. The lowest BCUT2D eigenvalue weighted by molar-refractivity contribution is 0.117. The Morgan fingerprint density at radius 1 is 1.22 bits per heavy atom. The van der Waals surface area contributed by atoms with Crippen LogP contribution in [0.1, 0.15) is 58.3 Å². The fourth-order valence-electron chi connectivity index (χ4n) is 3.16. The van der Waals surface area contributed by atoms with Crippen LogP contribution in [0.3, 0.4) is 0 Å². The lowest BCUT2D eigenvalue weighted by Crippen LogP contribution is -2.46. The molecule has 0 aromatic carbocycles. The Labute approximate surface area is 110 Å². The molecule has 0 aromatic rings. The molecule has 0 radical (unpaired) electrons. The monoisotopic (exact) mass is 254 g/mol. The summed E-state index contributed by atoms with van der Waals surface area (Å²) in [6.45, 7) is 3.05. The van der Waals surface area contributed by atoms with Crippen molar-refractivity contribution in [2.24, 2.45) is 5.41 Å². The first-order valence-corrected chi connectivity index (χ1v) is 7.30. The second-order valence-corrected chi connectivity index (χ2v) is 6.35. The van der Waals surface area contributed by atoms with Crippen LogP contribution in [0, 0.1) is 5.41 Å². The van der Waals surface area contributed by atoms with E-state index >= 15 is 0 Å². The van der Waals surface area contributed by atoms with Crippen LogP contribution in [-0.2, 0) is 0 Å². The van der Waals surface area contributed by atoms with Crippen molar-refractivity contribution in [1.82, 2.24) is 10.6 Å². The zero-order valence-corrected chi connectivity index (χ0v) is 11.4. The van der Waals surface area contributed by atoms with E-state index in [4.69, 9.17) is 0 Å². The number of hydrogen-bond donors (Lipinski definition) is 3. The molecule has 2 aliphatic rings. The minimum atomic E-state index is -0.163. The first-order valence-electron chi connectivity index (χ1n) is 7.30. The number of carbonyl (C=O) groups is 1. The molecule has 0 spiro atoms. The molecule has 0 saturated heterocycles. The second-order valence-electron chi connectivity index (χ2n) is 6.35. The van der Waals surface area contributed by atoms with Crippen LogP contribution in [0.2, 0.25) is 0 Å². The van der Waals surface area contributed by atoms with Crippen LogP contribution in [0.25, 0.3) is 0 Å². The topological polar surface area (TPSA) is 61.4 Å². The molecule has 18 heavy (non-hydrogen) atoms. The van der Waals surface area contributed by atoms with Crippen molar-refractivity contribution in [3.8, 4) is 0 Å². The predicted molar refractivity (Wildman–Crippen MR) is 71.4 cm³/mol. The van der Waals surface area contributed by atoms with Gasteiger partial charge >= 0.3 is 6.03 Å². The predicted octanol–water partition coefficient (Wildman–Crippen LogP) is 2.17. The van der Waals surface area contributed by atoms with Gasteiger partial charge in [0, 0.05) is 12.6 Å². The Balaban J connectivity index is 1.66. The maximum absolute atomic E-state index is 11.8. The molecule has 2 amide bonds. The summed E-state index contributed by atoms with van der Waals surface area (Å²) in [5.41, 5.74) is 0.306. The number of nitrogens with one attached hydrogen (secondary N) is 2. The molecular formula is C14H26N2O2. The molecule has 0 heterocycles. The van der Waals surface area contributed by atoms with Crippen molar-refractivity contribution >= 4 is 6.03 Å². The Hall–Kier alpha value is -0.770. The SMILES string of the molecule is CC1(CNC(=O)NC2CCC(O)CC2)CCCC1. The number of amides is 2. The van der Waals surface area contributed by atoms with Gasteiger partial charge in [-0.15, -0.1) is 0 Å². The Morgan fingerprint density at radius 2 is 1.83 bits per heavy atom. The van der Waals surface area contributed by atoms with E-state index in [9.17, 15) is 9.90 Å². The highest BCUT2D eigenvalue weighted by molar-refractivity contribution is 5.74. The quantitative estimate of drug-likeness (QED) is 0.723. The number of aliphatic hydroxyl groups is 1. The van der Waals surface area contributed by atoms with Crippen LogP contribution in [0.15, 0.2) is 0 Å². The van der Waals surface area contributed by atoms with Gasteiger partial charge < -0.3 is 15.7 Å². The summed E-state index contributed by atoms with van der Waals surface area (Å²) in [6, 6.07) is 0.203. The van der Waals surface area contributed by atoms with Crippen molar-refractivity contribution in [3.05, 3.63) is 0 Å². The molecule has 104 valence electrons. The molecule has 4 nitrogen and oxygen atoms in total. The number of urea groups is 1. The molecule has 0 aliphatic heterocycles. The third kappa shape index (κ3) is 3.87. The van der Waals surface area contributed by atoms with Crippen LogP contribution in [-0.4, -0.2) is 29.8 Å². The maximum atomic E-state index is 11.8. The van der Waals surface area contributed by atoms with Gasteiger partial charge in [-0.05, 0) is 43.9 Å². The van der Waals surface area contributed by atoms with E-state index in [1.807, 2.05) is 0 Å². The van der Waals surface area contributed by atoms with Gasteiger partial charge in [-0.3, -0.25) is 0 Å². The summed E-state index contributed by atoms with van der Waals surface area (Å²) < 4.78 is 0. The van der Waals surface area contributed by atoms with Crippen LogP contribution < -0.4 is 10.6 Å². The molecule has 0 aromatic heterocycles. The number of aliphatic hydroxyl groups excluding tert-OH is 1. The fraction of sp³-hybridized carbons (Fsp3) is 0.929. The largest absolute Gasteiger partial charge is 0.393 e. The van der Waals surface area contributed by atoms with Crippen molar-refractivity contribution in [3.63, 3.8) is 0 Å². The first-order chi connectivity index (χ1) is 8.57. The lowest BCUT2D eigenvalue weighted by atomic mass is 9.89. The smallest absolute Gasteiger partial charge is 0.315 e. The van der Waals surface area contributed by atoms with Gasteiger partial charge in [0.05, 0.1) is 6.10 Å². The first kappa shape index (κ1) is 13.7. The number of carbonyl (C=O) groups excluding carboxylic acids is 1. The molecule has 0 unspecified atom stereocenters. The van der Waals surface area contributed by atoms with Gasteiger partial charge in [-0.2, -0.15) is 0 Å². The van der Waals surface area contributed by atoms with E-state index in [1.165, 1.54) is 25.7 Å². The summed E-state index contributed by atoms with van der Waals surface area (Å²) in [5.74, 6) is 0. The second kappa shape index (κ2) is 5.91. The zero-order valence-electron chi connectivity index (χ0n) is 11.4. The van der Waals surface area contributed by atoms with Crippen LogP contribution >= 0.6 is 0 Å². The van der Waals surface area contributed by atoms with Crippen molar-refractivity contribution in [1.29, 1.82) is 0 Å². The average Bonchev–Trinajstić information content (AvgIpc) is 2.78. The minimum Gasteiger partial charge on any atom is -0.393 e. The summed E-state index contributed by atoms with van der Waals surface area (Å²) in [5, 5.41) is 15.4. The van der Waals surface area contributed by atoms with Gasteiger partial charge in [-0.25, -0.2) is 4.79 Å². The van der Waals surface area contributed by atoms with Gasteiger partial charge in [0.1, 0.15) is 0 Å². The van der Waals surface area contributed by atoms with Crippen LogP contribution in [0.5, 0.6) is 0 Å². The highest BCUT2D eigenvalue weighted by Gasteiger charge is 2.29.